The molecule has 1 aromatic carbocycles. The van der Waals surface area contributed by atoms with Crippen LogP contribution in [0.3, 0.4) is 0 Å². The summed E-state index contributed by atoms with van der Waals surface area (Å²) in [6.45, 7) is 3.56. The molecule has 3 nitrogen and oxygen atoms in total. The van der Waals surface area contributed by atoms with Crippen LogP contribution >= 0.6 is 15.9 Å². The lowest BCUT2D eigenvalue weighted by atomic mass is 10.1. The lowest BCUT2D eigenvalue weighted by Gasteiger charge is -2.27. The Morgan fingerprint density at radius 2 is 2.06 bits per heavy atom. The minimum absolute atomic E-state index is 0.0876. The van der Waals surface area contributed by atoms with Crippen LogP contribution < -0.4 is 10.1 Å². The van der Waals surface area contributed by atoms with Crippen molar-refractivity contribution >= 4 is 15.9 Å². The first-order valence-electron chi connectivity index (χ1n) is 5.77. The van der Waals surface area contributed by atoms with Gasteiger partial charge in [-0.2, -0.15) is 0 Å². The molecule has 1 fully saturated rings. The van der Waals surface area contributed by atoms with Crippen LogP contribution in [-0.2, 0) is 6.54 Å². The van der Waals surface area contributed by atoms with Crippen LogP contribution in [0.15, 0.2) is 10.5 Å². The molecule has 1 aromatic rings. The highest BCUT2D eigenvalue weighted by Gasteiger charge is 2.20. The van der Waals surface area contributed by atoms with Gasteiger partial charge in [-0.1, -0.05) is 0 Å². The number of nitrogens with zero attached hydrogens (tertiary/aromatic N) is 1. The summed E-state index contributed by atoms with van der Waals surface area (Å²) in [6, 6.07) is 1.21. The molecule has 0 aromatic heterocycles. The number of nitrogens with one attached hydrogen (secondary N) is 1. The van der Waals surface area contributed by atoms with Gasteiger partial charge in [-0.3, -0.25) is 4.90 Å². The normalized spacial score (nSPS) is 16.9. The highest BCUT2D eigenvalue weighted by atomic mass is 79.9. The highest BCUT2D eigenvalue weighted by Crippen LogP contribution is 2.32. The first-order chi connectivity index (χ1) is 8.63. The minimum atomic E-state index is -0.578. The number of benzene rings is 1. The number of hydrogen-bond acceptors (Lipinski definition) is 3. The van der Waals surface area contributed by atoms with Crippen molar-refractivity contribution in [3.63, 3.8) is 0 Å². The zero-order chi connectivity index (χ0) is 13.1. The van der Waals surface area contributed by atoms with Crippen LogP contribution in [0.5, 0.6) is 5.75 Å². The van der Waals surface area contributed by atoms with Gasteiger partial charge in [0.2, 0.25) is 0 Å². The smallest absolute Gasteiger partial charge is 0.148 e. The molecule has 1 N–H and O–H groups in total. The van der Waals surface area contributed by atoms with Crippen LogP contribution in [0.4, 0.5) is 8.78 Å². The van der Waals surface area contributed by atoms with E-state index >= 15 is 0 Å². The van der Waals surface area contributed by atoms with Crippen LogP contribution in [-0.4, -0.2) is 38.2 Å². The Morgan fingerprint density at radius 3 is 2.67 bits per heavy atom. The molecule has 2 rings (SSSR count). The molecular weight excluding hydrogens is 306 g/mol. The molecule has 6 heteroatoms. The second-order valence-electron chi connectivity index (χ2n) is 4.19. The summed E-state index contributed by atoms with van der Waals surface area (Å²) in [6.07, 6.45) is 0. The second-order valence-corrected chi connectivity index (χ2v) is 4.99. The number of halogens is 3. The van der Waals surface area contributed by atoms with E-state index in [1.807, 2.05) is 4.90 Å². The molecule has 1 saturated heterocycles. The minimum Gasteiger partial charge on any atom is -0.495 e. The summed E-state index contributed by atoms with van der Waals surface area (Å²) in [5, 5.41) is 3.20. The third-order valence-corrected chi connectivity index (χ3v) is 3.77. The van der Waals surface area contributed by atoms with E-state index in [1.165, 1.54) is 13.2 Å². The number of ether oxygens (including phenoxy) is 1. The van der Waals surface area contributed by atoms with Gasteiger partial charge in [-0.15, -0.1) is 0 Å². The average Bonchev–Trinajstić information content (AvgIpc) is 2.40. The molecule has 0 aliphatic carbocycles. The van der Waals surface area contributed by atoms with E-state index in [1.54, 1.807) is 0 Å². The fraction of sp³-hybridized carbons (Fsp3) is 0.500. The van der Waals surface area contributed by atoms with Crippen molar-refractivity contribution in [1.82, 2.24) is 10.2 Å². The molecule has 1 heterocycles. The topological polar surface area (TPSA) is 24.5 Å². The summed E-state index contributed by atoms with van der Waals surface area (Å²) in [5.41, 5.74) is 0.0876. The van der Waals surface area contributed by atoms with Gasteiger partial charge in [0.25, 0.3) is 0 Å². The Hall–Kier alpha value is -0.720. The van der Waals surface area contributed by atoms with Gasteiger partial charge >= 0.3 is 0 Å². The fourth-order valence-electron chi connectivity index (χ4n) is 2.00. The molecule has 100 valence electrons. The largest absolute Gasteiger partial charge is 0.495 e. The highest BCUT2D eigenvalue weighted by molar-refractivity contribution is 9.10. The van der Waals surface area contributed by atoms with Crippen molar-refractivity contribution in [3.05, 3.63) is 27.7 Å². The van der Waals surface area contributed by atoms with Crippen molar-refractivity contribution in [1.29, 1.82) is 0 Å². The van der Waals surface area contributed by atoms with Crippen LogP contribution in [0.1, 0.15) is 5.56 Å². The molecule has 0 unspecified atom stereocenters. The van der Waals surface area contributed by atoms with Crippen molar-refractivity contribution in [2.45, 2.75) is 6.54 Å². The third-order valence-electron chi connectivity index (χ3n) is 3.03. The van der Waals surface area contributed by atoms with Crippen molar-refractivity contribution < 1.29 is 13.5 Å². The number of hydrogen-bond donors (Lipinski definition) is 1. The molecule has 18 heavy (non-hydrogen) atoms. The van der Waals surface area contributed by atoms with E-state index in [0.29, 0.717) is 0 Å². The van der Waals surface area contributed by atoms with Crippen LogP contribution in [0.2, 0.25) is 0 Å². The zero-order valence-corrected chi connectivity index (χ0v) is 11.7. The lowest BCUT2D eigenvalue weighted by molar-refractivity contribution is 0.226. The Morgan fingerprint density at radius 1 is 1.39 bits per heavy atom. The van der Waals surface area contributed by atoms with Gasteiger partial charge < -0.3 is 10.1 Å². The van der Waals surface area contributed by atoms with Gasteiger partial charge in [-0.25, -0.2) is 8.78 Å². The van der Waals surface area contributed by atoms with E-state index in [-0.39, 0.29) is 22.3 Å². The summed E-state index contributed by atoms with van der Waals surface area (Å²) in [5.74, 6) is -0.967. The molecular formula is C12H15BrF2N2O. The third kappa shape index (κ3) is 2.81. The monoisotopic (exact) mass is 320 g/mol. The van der Waals surface area contributed by atoms with Gasteiger partial charge in [0, 0.05) is 44.4 Å². The van der Waals surface area contributed by atoms with Crippen LogP contribution in [0.25, 0.3) is 0 Å². The predicted molar refractivity (Wildman–Crippen MR) is 68.8 cm³/mol. The Bertz CT molecular complexity index is 437. The van der Waals surface area contributed by atoms with Gasteiger partial charge in [0.1, 0.15) is 17.4 Å². The summed E-state index contributed by atoms with van der Waals surface area (Å²) >= 11 is 3.09. The zero-order valence-electron chi connectivity index (χ0n) is 10.1. The number of rotatable bonds is 3. The van der Waals surface area contributed by atoms with Gasteiger partial charge in [0.05, 0.1) is 11.6 Å². The maximum Gasteiger partial charge on any atom is 0.148 e. The Kier molecular flexibility index (Phi) is 4.53. The number of piperazine rings is 1. The molecule has 0 atom stereocenters. The SMILES string of the molecule is COc1cc(F)c(CN2CCNCC2)c(F)c1Br. The molecule has 0 radical (unpaired) electrons. The average molecular weight is 321 g/mol. The molecule has 0 saturated carbocycles. The maximum atomic E-state index is 14.1. The Balaban J connectivity index is 2.24. The van der Waals surface area contributed by atoms with E-state index in [9.17, 15) is 8.78 Å². The van der Waals surface area contributed by atoms with Crippen molar-refractivity contribution in [2.75, 3.05) is 33.3 Å². The molecule has 0 bridgehead atoms. The molecule has 1 aliphatic heterocycles. The molecule has 0 spiro atoms. The van der Waals surface area contributed by atoms with Gasteiger partial charge in [0.15, 0.2) is 0 Å². The quantitative estimate of drug-likeness (QED) is 0.864. The van der Waals surface area contributed by atoms with Gasteiger partial charge in [-0.05, 0) is 15.9 Å². The summed E-state index contributed by atoms with van der Waals surface area (Å²) < 4.78 is 33.0. The first-order valence-corrected chi connectivity index (χ1v) is 6.56. The van der Waals surface area contributed by atoms with E-state index in [2.05, 4.69) is 21.2 Å². The van der Waals surface area contributed by atoms with E-state index < -0.39 is 11.6 Å². The van der Waals surface area contributed by atoms with Crippen LogP contribution in [0, 0.1) is 11.6 Å². The first kappa shape index (κ1) is 13.7. The summed E-state index contributed by atoms with van der Waals surface area (Å²) in [7, 11) is 1.38. The Labute approximate surface area is 113 Å². The lowest BCUT2D eigenvalue weighted by Crippen LogP contribution is -2.43. The maximum absolute atomic E-state index is 14.1. The standard InChI is InChI=1S/C12H15BrF2N2O/c1-18-10-6-9(14)8(12(15)11(10)13)7-17-4-2-16-3-5-17/h6,16H,2-5,7H2,1H3. The second kappa shape index (κ2) is 5.95. The number of methoxy groups -OCH3 is 1. The predicted octanol–water partition coefficient (Wildman–Crippen LogP) is 2.14. The van der Waals surface area contributed by atoms with E-state index in [0.717, 1.165) is 26.2 Å². The fourth-order valence-corrected chi connectivity index (χ4v) is 2.51. The molecule has 0 amide bonds. The van der Waals surface area contributed by atoms with Crippen molar-refractivity contribution in [2.24, 2.45) is 0 Å². The summed E-state index contributed by atoms with van der Waals surface area (Å²) in [4.78, 5) is 2.02. The van der Waals surface area contributed by atoms with Crippen molar-refractivity contribution in [3.8, 4) is 5.75 Å². The molecule has 1 aliphatic rings. The van der Waals surface area contributed by atoms with E-state index in [4.69, 9.17) is 4.74 Å².